The highest BCUT2D eigenvalue weighted by Crippen LogP contribution is 2.24. The summed E-state index contributed by atoms with van der Waals surface area (Å²) < 4.78 is 4.08. The van der Waals surface area contributed by atoms with Gasteiger partial charge in [0.2, 0.25) is 5.91 Å². The van der Waals surface area contributed by atoms with Gasteiger partial charge in [0, 0.05) is 36.6 Å². The number of rotatable bonds is 3. The zero-order valence-corrected chi connectivity index (χ0v) is 16.5. The minimum absolute atomic E-state index is 0.0415. The molecule has 7 nitrogen and oxygen atoms in total. The maximum absolute atomic E-state index is 12.7. The molecule has 0 radical (unpaired) electrons. The van der Waals surface area contributed by atoms with Crippen LogP contribution >= 0.6 is 0 Å². The first-order valence-corrected chi connectivity index (χ1v) is 9.83. The third-order valence-electron chi connectivity index (χ3n) is 5.63. The molecule has 4 aromatic rings. The van der Waals surface area contributed by atoms with Gasteiger partial charge in [-0.05, 0) is 44.0 Å². The number of hydrogen-bond donors (Lipinski definition) is 1. The van der Waals surface area contributed by atoms with E-state index in [4.69, 9.17) is 4.98 Å². The van der Waals surface area contributed by atoms with Gasteiger partial charge in [-0.3, -0.25) is 4.79 Å². The lowest BCUT2D eigenvalue weighted by atomic mass is 9.98. The first-order valence-electron chi connectivity index (χ1n) is 9.83. The monoisotopic (exact) mass is 386 g/mol. The Kier molecular flexibility index (Phi) is 4.16. The molecule has 1 aliphatic rings. The van der Waals surface area contributed by atoms with Crippen molar-refractivity contribution in [2.24, 2.45) is 5.92 Å². The highest BCUT2D eigenvalue weighted by Gasteiger charge is 2.26. The summed E-state index contributed by atoms with van der Waals surface area (Å²) in [5.74, 6) is 1.81. The van der Waals surface area contributed by atoms with Gasteiger partial charge < -0.3 is 14.3 Å². The predicted molar refractivity (Wildman–Crippen MR) is 111 cm³/mol. The normalized spacial score (nSPS) is 16.0. The standard InChI is InChI=1S/C22H22N6O/c1-14-4-3-11-27-13-19(24-21(14)27)16-5-8-18(9-6-16)23-22(29)17-7-10-20-26-25-15(2)28(20)12-17/h3-6,8-9,11,13,17H,7,10,12H2,1-2H3,(H,23,29)/t17-/m0/s1. The second kappa shape index (κ2) is 6.84. The number of imidazole rings is 1. The van der Waals surface area contributed by atoms with Gasteiger partial charge in [-0.15, -0.1) is 10.2 Å². The molecule has 1 aliphatic heterocycles. The van der Waals surface area contributed by atoms with Crippen LogP contribution in [0.5, 0.6) is 0 Å². The smallest absolute Gasteiger partial charge is 0.229 e. The summed E-state index contributed by atoms with van der Waals surface area (Å²) in [6, 6.07) is 11.9. The number of carbonyl (C=O) groups is 1. The number of anilines is 1. The van der Waals surface area contributed by atoms with Gasteiger partial charge in [-0.2, -0.15) is 0 Å². The van der Waals surface area contributed by atoms with E-state index in [1.807, 2.05) is 58.6 Å². The summed E-state index contributed by atoms with van der Waals surface area (Å²) >= 11 is 0. The van der Waals surface area contributed by atoms with Crippen molar-refractivity contribution < 1.29 is 4.79 Å². The minimum atomic E-state index is -0.0710. The van der Waals surface area contributed by atoms with Crippen molar-refractivity contribution in [2.75, 3.05) is 5.32 Å². The minimum Gasteiger partial charge on any atom is -0.326 e. The number of pyridine rings is 1. The molecule has 0 saturated heterocycles. The van der Waals surface area contributed by atoms with Crippen molar-refractivity contribution in [3.05, 3.63) is 66.0 Å². The van der Waals surface area contributed by atoms with E-state index in [0.29, 0.717) is 6.54 Å². The molecule has 0 bridgehead atoms. The molecule has 5 rings (SSSR count). The Morgan fingerprint density at radius 1 is 1.14 bits per heavy atom. The molecule has 4 heterocycles. The van der Waals surface area contributed by atoms with Gasteiger partial charge in [-0.25, -0.2) is 4.98 Å². The highest BCUT2D eigenvalue weighted by molar-refractivity contribution is 5.92. The Balaban J connectivity index is 1.31. The van der Waals surface area contributed by atoms with E-state index in [1.54, 1.807) is 0 Å². The molecule has 0 saturated carbocycles. The van der Waals surface area contributed by atoms with E-state index in [-0.39, 0.29) is 11.8 Å². The zero-order chi connectivity index (χ0) is 20.0. The fraction of sp³-hybridized carbons (Fsp3) is 0.273. The second-order valence-corrected chi connectivity index (χ2v) is 7.62. The van der Waals surface area contributed by atoms with E-state index < -0.39 is 0 Å². The van der Waals surface area contributed by atoms with Gasteiger partial charge >= 0.3 is 0 Å². The molecular formula is C22H22N6O. The molecule has 1 amide bonds. The van der Waals surface area contributed by atoms with Gasteiger partial charge in [0.1, 0.15) is 17.3 Å². The van der Waals surface area contributed by atoms with E-state index in [9.17, 15) is 4.79 Å². The quantitative estimate of drug-likeness (QED) is 0.585. The van der Waals surface area contributed by atoms with Crippen LogP contribution in [-0.2, 0) is 17.8 Å². The highest BCUT2D eigenvalue weighted by atomic mass is 16.1. The molecule has 0 aliphatic carbocycles. The first-order chi connectivity index (χ1) is 14.1. The third-order valence-corrected chi connectivity index (χ3v) is 5.63. The summed E-state index contributed by atoms with van der Waals surface area (Å²) in [5, 5.41) is 11.3. The molecule has 29 heavy (non-hydrogen) atoms. The van der Waals surface area contributed by atoms with Crippen LogP contribution in [0.4, 0.5) is 5.69 Å². The van der Waals surface area contributed by atoms with Crippen molar-refractivity contribution in [1.29, 1.82) is 0 Å². The van der Waals surface area contributed by atoms with Crippen LogP contribution in [0, 0.1) is 19.8 Å². The second-order valence-electron chi connectivity index (χ2n) is 7.62. The molecule has 0 unspecified atom stereocenters. The molecule has 7 heteroatoms. The molecule has 1 atom stereocenters. The van der Waals surface area contributed by atoms with Gasteiger partial charge in [0.25, 0.3) is 0 Å². The lowest BCUT2D eigenvalue weighted by Gasteiger charge is -2.23. The summed E-state index contributed by atoms with van der Waals surface area (Å²) in [6.07, 6.45) is 5.60. The predicted octanol–water partition coefficient (Wildman–Crippen LogP) is 3.41. The number of nitrogens with one attached hydrogen (secondary N) is 1. The van der Waals surface area contributed by atoms with Crippen molar-refractivity contribution in [1.82, 2.24) is 24.1 Å². The number of hydrogen-bond acceptors (Lipinski definition) is 4. The van der Waals surface area contributed by atoms with Crippen LogP contribution in [0.3, 0.4) is 0 Å². The number of nitrogens with zero attached hydrogens (tertiary/aromatic N) is 5. The fourth-order valence-corrected chi connectivity index (χ4v) is 3.94. The zero-order valence-electron chi connectivity index (χ0n) is 16.5. The molecule has 0 fully saturated rings. The average Bonchev–Trinajstić information content (AvgIpc) is 3.33. The summed E-state index contributed by atoms with van der Waals surface area (Å²) in [4.78, 5) is 17.5. The van der Waals surface area contributed by atoms with E-state index >= 15 is 0 Å². The number of amides is 1. The summed E-state index contributed by atoms with van der Waals surface area (Å²) in [5.41, 5.74) is 4.83. The molecule has 1 N–H and O–H groups in total. The van der Waals surface area contributed by atoms with Crippen molar-refractivity contribution >= 4 is 17.2 Å². The Hall–Kier alpha value is -3.48. The maximum Gasteiger partial charge on any atom is 0.229 e. The number of benzene rings is 1. The van der Waals surface area contributed by atoms with Crippen LogP contribution in [0.15, 0.2) is 48.8 Å². The molecule has 146 valence electrons. The topological polar surface area (TPSA) is 77.1 Å². The average molecular weight is 386 g/mol. The number of aryl methyl sites for hydroxylation is 3. The van der Waals surface area contributed by atoms with E-state index in [0.717, 1.165) is 52.6 Å². The molecule has 3 aromatic heterocycles. The Morgan fingerprint density at radius 3 is 2.76 bits per heavy atom. The number of carbonyl (C=O) groups excluding carboxylic acids is 1. The summed E-state index contributed by atoms with van der Waals surface area (Å²) in [7, 11) is 0. The van der Waals surface area contributed by atoms with Crippen molar-refractivity contribution in [3.63, 3.8) is 0 Å². The van der Waals surface area contributed by atoms with Gasteiger partial charge in [0.15, 0.2) is 0 Å². The fourth-order valence-electron chi connectivity index (χ4n) is 3.94. The van der Waals surface area contributed by atoms with Crippen LogP contribution in [-0.4, -0.2) is 30.1 Å². The molecular weight excluding hydrogens is 364 g/mol. The van der Waals surface area contributed by atoms with Gasteiger partial charge in [0.05, 0.1) is 11.6 Å². The largest absolute Gasteiger partial charge is 0.326 e. The Morgan fingerprint density at radius 2 is 1.97 bits per heavy atom. The Bertz CT molecular complexity index is 1200. The van der Waals surface area contributed by atoms with Crippen LogP contribution in [0.1, 0.15) is 23.6 Å². The van der Waals surface area contributed by atoms with Crippen molar-refractivity contribution in [2.45, 2.75) is 33.2 Å². The maximum atomic E-state index is 12.7. The van der Waals surface area contributed by atoms with Crippen LogP contribution in [0.2, 0.25) is 0 Å². The Labute approximate surface area is 168 Å². The number of aromatic nitrogens is 5. The first kappa shape index (κ1) is 17.6. The summed E-state index contributed by atoms with van der Waals surface area (Å²) in [6.45, 7) is 4.62. The van der Waals surface area contributed by atoms with Gasteiger partial charge in [-0.1, -0.05) is 18.2 Å². The lowest BCUT2D eigenvalue weighted by Crippen LogP contribution is -2.31. The molecule has 0 spiro atoms. The van der Waals surface area contributed by atoms with Crippen LogP contribution < -0.4 is 5.32 Å². The van der Waals surface area contributed by atoms with Crippen molar-refractivity contribution in [3.8, 4) is 11.3 Å². The van der Waals surface area contributed by atoms with E-state index in [1.165, 1.54) is 0 Å². The van der Waals surface area contributed by atoms with Crippen LogP contribution in [0.25, 0.3) is 16.9 Å². The lowest BCUT2D eigenvalue weighted by molar-refractivity contribution is -0.120. The SMILES string of the molecule is Cc1cccn2cc(-c3ccc(NC(=O)[C@H]4CCc5nnc(C)n5C4)cc3)nc12. The number of fused-ring (bicyclic) bond motifs is 2. The third kappa shape index (κ3) is 3.18. The molecule has 1 aromatic carbocycles. The van der Waals surface area contributed by atoms with E-state index in [2.05, 4.69) is 28.5 Å².